The van der Waals surface area contributed by atoms with Crippen LogP contribution in [0.4, 0.5) is 19.0 Å². The molecule has 1 aliphatic heterocycles. The number of carbonyl (C=O) groups excluding carboxylic acids is 1. The highest BCUT2D eigenvalue weighted by Crippen LogP contribution is 2.28. The first-order valence-electron chi connectivity index (χ1n) is 8.68. The molecule has 3 rings (SSSR count). The summed E-state index contributed by atoms with van der Waals surface area (Å²) in [6.45, 7) is 1.55. The van der Waals surface area contributed by atoms with Crippen LogP contribution in [0.3, 0.4) is 0 Å². The number of Topliss-reactive ketones (excluding diaryl/α,β-unsaturated/α-hetero) is 1. The van der Waals surface area contributed by atoms with Gasteiger partial charge in [0, 0.05) is 32.8 Å². The number of ketones is 1. The minimum absolute atomic E-state index is 0.0166. The molecule has 6 nitrogen and oxygen atoms in total. The second-order valence-corrected chi connectivity index (χ2v) is 6.75. The van der Waals surface area contributed by atoms with Gasteiger partial charge in [-0.2, -0.15) is 13.2 Å². The van der Waals surface area contributed by atoms with Crippen LogP contribution >= 0.6 is 0 Å². The minimum atomic E-state index is -4.41. The average molecular weight is 369 g/mol. The number of aromatic amines is 1. The van der Waals surface area contributed by atoms with Gasteiger partial charge in [0.15, 0.2) is 5.82 Å². The lowest BCUT2D eigenvalue weighted by Crippen LogP contribution is -2.46. The number of nitrogens with one attached hydrogen (secondary N) is 1. The van der Waals surface area contributed by atoms with Gasteiger partial charge in [-0.3, -0.25) is 9.80 Å². The van der Waals surface area contributed by atoms with E-state index in [4.69, 9.17) is 0 Å². The molecule has 9 heteroatoms. The lowest BCUT2D eigenvalue weighted by molar-refractivity contribution is -0.152. The summed E-state index contributed by atoms with van der Waals surface area (Å²) in [6, 6.07) is 1.92. The summed E-state index contributed by atoms with van der Waals surface area (Å²) in [4.78, 5) is 23.1. The van der Waals surface area contributed by atoms with Crippen molar-refractivity contribution in [2.24, 2.45) is 5.92 Å². The summed E-state index contributed by atoms with van der Waals surface area (Å²) >= 11 is 0. The molecule has 1 aliphatic rings. The molecule has 1 N–H and O–H groups in total. The Morgan fingerprint density at radius 2 is 2.23 bits per heavy atom. The van der Waals surface area contributed by atoms with E-state index in [0.29, 0.717) is 13.0 Å². The number of anilines is 1. The number of H-pyrrole nitrogens is 1. The van der Waals surface area contributed by atoms with Gasteiger partial charge in [0.05, 0.1) is 5.39 Å². The summed E-state index contributed by atoms with van der Waals surface area (Å²) in [6.07, 6.45) is -0.0961. The Bertz CT molecular complexity index is 760. The molecule has 1 saturated heterocycles. The SMILES string of the molecule is CN(c1ncnc2[nH]ccc12)N1CCCC(CCC(=O)CC(F)(F)F)C1. The van der Waals surface area contributed by atoms with E-state index in [0.717, 1.165) is 36.2 Å². The highest BCUT2D eigenvalue weighted by atomic mass is 19.4. The lowest BCUT2D eigenvalue weighted by Gasteiger charge is -2.39. The quantitative estimate of drug-likeness (QED) is 0.846. The van der Waals surface area contributed by atoms with E-state index in [-0.39, 0.29) is 12.3 Å². The van der Waals surface area contributed by atoms with Crippen LogP contribution in [-0.4, -0.2) is 52.1 Å². The second kappa shape index (κ2) is 7.61. The van der Waals surface area contributed by atoms with Gasteiger partial charge in [0.1, 0.15) is 24.2 Å². The first kappa shape index (κ1) is 18.6. The molecule has 0 saturated carbocycles. The molecule has 26 heavy (non-hydrogen) atoms. The molecule has 0 bridgehead atoms. The van der Waals surface area contributed by atoms with E-state index in [1.807, 2.05) is 24.3 Å². The maximum Gasteiger partial charge on any atom is 0.395 e. The standard InChI is InChI=1S/C17H22F3N5O/c1-24(16-14-6-7-21-15(14)22-11-23-16)25-8-2-3-12(10-25)4-5-13(26)9-17(18,19)20/h6-7,11-12H,2-5,8-10H2,1H3,(H,21,22,23). The number of carbonyl (C=O) groups is 1. The number of alkyl halides is 3. The molecular weight excluding hydrogens is 347 g/mol. The molecule has 0 spiro atoms. The van der Waals surface area contributed by atoms with Crippen LogP contribution in [0.25, 0.3) is 11.0 Å². The Balaban J connectivity index is 1.59. The molecule has 0 aliphatic carbocycles. The molecule has 2 aromatic rings. The zero-order valence-corrected chi connectivity index (χ0v) is 14.6. The zero-order chi connectivity index (χ0) is 18.7. The Hall–Kier alpha value is -2.16. The number of nitrogens with zero attached hydrogens (tertiary/aromatic N) is 4. The molecule has 1 atom stereocenters. The van der Waals surface area contributed by atoms with Crippen LogP contribution in [0.2, 0.25) is 0 Å². The van der Waals surface area contributed by atoms with Crippen molar-refractivity contribution in [1.82, 2.24) is 20.0 Å². The largest absolute Gasteiger partial charge is 0.395 e. The van der Waals surface area contributed by atoms with Crippen LogP contribution in [0, 0.1) is 5.92 Å². The normalized spacial score (nSPS) is 19.0. The zero-order valence-electron chi connectivity index (χ0n) is 14.6. The van der Waals surface area contributed by atoms with Gasteiger partial charge < -0.3 is 4.98 Å². The molecule has 1 fully saturated rings. The van der Waals surface area contributed by atoms with Crippen molar-refractivity contribution in [1.29, 1.82) is 0 Å². The van der Waals surface area contributed by atoms with Crippen LogP contribution in [0.5, 0.6) is 0 Å². The predicted molar refractivity (Wildman–Crippen MR) is 91.5 cm³/mol. The van der Waals surface area contributed by atoms with E-state index in [1.54, 1.807) is 0 Å². The molecular formula is C17H22F3N5O. The van der Waals surface area contributed by atoms with Gasteiger partial charge in [-0.05, 0) is 31.2 Å². The lowest BCUT2D eigenvalue weighted by atomic mass is 9.93. The fourth-order valence-electron chi connectivity index (χ4n) is 3.48. The second-order valence-electron chi connectivity index (χ2n) is 6.75. The number of fused-ring (bicyclic) bond motifs is 1. The van der Waals surface area contributed by atoms with E-state index < -0.39 is 18.4 Å². The maximum atomic E-state index is 12.3. The van der Waals surface area contributed by atoms with Gasteiger partial charge in [0.25, 0.3) is 0 Å². The van der Waals surface area contributed by atoms with Crippen LogP contribution < -0.4 is 5.01 Å². The van der Waals surface area contributed by atoms with Crippen molar-refractivity contribution >= 4 is 22.6 Å². The van der Waals surface area contributed by atoms with Crippen molar-refractivity contribution in [2.45, 2.75) is 38.3 Å². The number of rotatable bonds is 6. The Kier molecular flexibility index (Phi) is 5.45. The number of piperidine rings is 1. The van der Waals surface area contributed by atoms with Crippen LogP contribution in [0.1, 0.15) is 32.1 Å². The molecule has 3 heterocycles. The monoisotopic (exact) mass is 369 g/mol. The topological polar surface area (TPSA) is 65.1 Å². The third-order valence-electron chi connectivity index (χ3n) is 4.79. The van der Waals surface area contributed by atoms with E-state index in [9.17, 15) is 18.0 Å². The highest BCUT2D eigenvalue weighted by molar-refractivity contribution is 5.86. The summed E-state index contributed by atoms with van der Waals surface area (Å²) in [5.41, 5.74) is 0.758. The number of halogens is 3. The summed E-state index contributed by atoms with van der Waals surface area (Å²) in [5.74, 6) is 0.254. The smallest absolute Gasteiger partial charge is 0.346 e. The fourth-order valence-corrected chi connectivity index (χ4v) is 3.48. The summed E-state index contributed by atoms with van der Waals surface area (Å²) < 4.78 is 36.8. The van der Waals surface area contributed by atoms with E-state index >= 15 is 0 Å². The summed E-state index contributed by atoms with van der Waals surface area (Å²) in [5, 5.41) is 5.02. The minimum Gasteiger partial charge on any atom is -0.346 e. The Morgan fingerprint density at radius 1 is 1.42 bits per heavy atom. The number of hydrazine groups is 1. The van der Waals surface area contributed by atoms with Gasteiger partial charge in [-0.1, -0.05) is 0 Å². The van der Waals surface area contributed by atoms with Crippen molar-refractivity contribution in [3.63, 3.8) is 0 Å². The highest BCUT2D eigenvalue weighted by Gasteiger charge is 2.31. The van der Waals surface area contributed by atoms with Gasteiger partial charge in [0.2, 0.25) is 0 Å². The average Bonchev–Trinajstić information content (AvgIpc) is 3.07. The Morgan fingerprint density at radius 3 is 3.00 bits per heavy atom. The molecule has 142 valence electrons. The Labute approximate surface area is 149 Å². The van der Waals surface area contributed by atoms with Crippen LogP contribution in [0.15, 0.2) is 18.6 Å². The fraction of sp³-hybridized carbons (Fsp3) is 0.588. The molecule has 2 aromatic heterocycles. The number of hydrogen-bond donors (Lipinski definition) is 1. The first-order chi connectivity index (χ1) is 12.3. The van der Waals surface area contributed by atoms with Crippen molar-refractivity contribution in [3.05, 3.63) is 18.6 Å². The van der Waals surface area contributed by atoms with Gasteiger partial charge in [-0.15, -0.1) is 0 Å². The third-order valence-corrected chi connectivity index (χ3v) is 4.79. The molecule has 1 unspecified atom stereocenters. The van der Waals surface area contributed by atoms with Crippen LogP contribution in [-0.2, 0) is 4.79 Å². The van der Waals surface area contributed by atoms with Crippen molar-refractivity contribution < 1.29 is 18.0 Å². The molecule has 0 aromatic carbocycles. The number of hydrogen-bond acceptors (Lipinski definition) is 5. The molecule has 0 amide bonds. The van der Waals surface area contributed by atoms with Crippen molar-refractivity contribution in [2.75, 3.05) is 25.1 Å². The van der Waals surface area contributed by atoms with E-state index in [2.05, 4.69) is 20.0 Å². The van der Waals surface area contributed by atoms with E-state index in [1.165, 1.54) is 6.33 Å². The predicted octanol–water partition coefficient (Wildman–Crippen LogP) is 3.32. The van der Waals surface area contributed by atoms with Crippen molar-refractivity contribution in [3.8, 4) is 0 Å². The third kappa shape index (κ3) is 4.51. The van der Waals surface area contributed by atoms with Gasteiger partial charge in [-0.25, -0.2) is 15.0 Å². The molecule has 0 radical (unpaired) electrons. The number of aromatic nitrogens is 3. The maximum absolute atomic E-state index is 12.3. The first-order valence-corrected chi connectivity index (χ1v) is 8.68. The van der Waals surface area contributed by atoms with Gasteiger partial charge >= 0.3 is 6.18 Å². The summed E-state index contributed by atoms with van der Waals surface area (Å²) in [7, 11) is 1.92.